The molecule has 0 spiro atoms. The number of hydrogen-bond acceptors (Lipinski definition) is 3. The molecule has 1 N–H and O–H groups in total. The molecular weight excluding hydrogens is 273 g/mol. The summed E-state index contributed by atoms with van der Waals surface area (Å²) in [6.07, 6.45) is 0. The number of carbonyl (C=O) groups excluding carboxylic acids is 2. The molecule has 2 aromatic rings. The van der Waals surface area contributed by atoms with Crippen molar-refractivity contribution in [3.63, 3.8) is 0 Å². The van der Waals surface area contributed by atoms with Crippen molar-refractivity contribution in [3.05, 3.63) is 65.5 Å². The average Bonchev–Trinajstić information content (AvgIpc) is 2.53. The van der Waals surface area contributed by atoms with Gasteiger partial charge in [0.05, 0.1) is 13.7 Å². The van der Waals surface area contributed by atoms with Gasteiger partial charge in [-0.3, -0.25) is 9.59 Å². The third-order valence-electron chi connectivity index (χ3n) is 2.92. The Morgan fingerprint density at radius 1 is 1.10 bits per heavy atom. The van der Waals surface area contributed by atoms with Gasteiger partial charge >= 0.3 is 0 Å². The SMILES string of the molecule is COc1ccc(C(=O)NCC(=O)c2ccccc2)cc1F. The van der Waals surface area contributed by atoms with E-state index >= 15 is 0 Å². The average molecular weight is 287 g/mol. The lowest BCUT2D eigenvalue weighted by Crippen LogP contribution is -2.29. The molecule has 0 atom stereocenters. The van der Waals surface area contributed by atoms with Crippen molar-refractivity contribution in [1.29, 1.82) is 0 Å². The zero-order chi connectivity index (χ0) is 15.2. The highest BCUT2D eigenvalue weighted by molar-refractivity contribution is 6.02. The summed E-state index contributed by atoms with van der Waals surface area (Å²) in [6.45, 7) is -0.142. The second-order valence-corrected chi connectivity index (χ2v) is 4.32. The highest BCUT2D eigenvalue weighted by atomic mass is 19.1. The Hall–Kier alpha value is -2.69. The Bertz CT molecular complexity index is 656. The number of ether oxygens (including phenoxy) is 1. The van der Waals surface area contributed by atoms with Gasteiger partial charge in [0.25, 0.3) is 5.91 Å². The van der Waals surface area contributed by atoms with Gasteiger partial charge in [0.2, 0.25) is 0 Å². The smallest absolute Gasteiger partial charge is 0.251 e. The summed E-state index contributed by atoms with van der Waals surface area (Å²) in [5, 5.41) is 2.47. The van der Waals surface area contributed by atoms with E-state index in [0.29, 0.717) is 5.56 Å². The van der Waals surface area contributed by atoms with Crippen molar-refractivity contribution in [1.82, 2.24) is 5.32 Å². The molecule has 4 nitrogen and oxygen atoms in total. The van der Waals surface area contributed by atoms with Crippen LogP contribution in [0.3, 0.4) is 0 Å². The van der Waals surface area contributed by atoms with E-state index in [0.717, 1.165) is 6.07 Å². The van der Waals surface area contributed by atoms with Gasteiger partial charge in [-0.25, -0.2) is 4.39 Å². The van der Waals surface area contributed by atoms with Gasteiger partial charge in [0.15, 0.2) is 17.3 Å². The fourth-order valence-corrected chi connectivity index (χ4v) is 1.80. The molecule has 5 heteroatoms. The highest BCUT2D eigenvalue weighted by Crippen LogP contribution is 2.17. The van der Waals surface area contributed by atoms with Gasteiger partial charge < -0.3 is 10.1 Å². The number of nitrogens with one attached hydrogen (secondary N) is 1. The molecule has 0 aliphatic rings. The van der Waals surface area contributed by atoms with E-state index in [1.54, 1.807) is 30.3 Å². The molecule has 1 amide bonds. The third-order valence-corrected chi connectivity index (χ3v) is 2.92. The van der Waals surface area contributed by atoms with Crippen molar-refractivity contribution in [2.24, 2.45) is 0 Å². The predicted molar refractivity (Wildman–Crippen MR) is 76.1 cm³/mol. The van der Waals surface area contributed by atoms with Crippen molar-refractivity contribution >= 4 is 11.7 Å². The Morgan fingerprint density at radius 2 is 1.81 bits per heavy atom. The van der Waals surface area contributed by atoms with Gasteiger partial charge in [-0.15, -0.1) is 0 Å². The molecule has 2 rings (SSSR count). The van der Waals surface area contributed by atoms with Crippen molar-refractivity contribution < 1.29 is 18.7 Å². The summed E-state index contributed by atoms with van der Waals surface area (Å²) >= 11 is 0. The van der Waals surface area contributed by atoms with Crippen LogP contribution in [0.1, 0.15) is 20.7 Å². The molecule has 2 aromatic carbocycles. The van der Waals surface area contributed by atoms with Gasteiger partial charge in [-0.05, 0) is 18.2 Å². The first-order valence-electron chi connectivity index (χ1n) is 6.32. The molecule has 21 heavy (non-hydrogen) atoms. The maximum atomic E-state index is 13.5. The van der Waals surface area contributed by atoms with Gasteiger partial charge in [0.1, 0.15) is 0 Å². The maximum absolute atomic E-state index is 13.5. The summed E-state index contributed by atoms with van der Waals surface area (Å²) in [6, 6.07) is 12.5. The van der Waals surface area contributed by atoms with E-state index in [1.807, 2.05) is 0 Å². The number of halogens is 1. The van der Waals surface area contributed by atoms with Crippen LogP contribution >= 0.6 is 0 Å². The quantitative estimate of drug-likeness (QED) is 0.859. The Labute approximate surface area is 121 Å². The number of amides is 1. The lowest BCUT2D eigenvalue weighted by molar-refractivity contribution is 0.0904. The number of carbonyl (C=O) groups is 2. The largest absolute Gasteiger partial charge is 0.494 e. The normalized spacial score (nSPS) is 10.0. The van der Waals surface area contributed by atoms with Crippen molar-refractivity contribution in [2.75, 3.05) is 13.7 Å². The summed E-state index contributed by atoms with van der Waals surface area (Å²) in [4.78, 5) is 23.7. The molecule has 0 saturated heterocycles. The number of methoxy groups -OCH3 is 1. The Kier molecular flexibility index (Phi) is 4.66. The second kappa shape index (κ2) is 6.65. The molecule has 0 saturated carbocycles. The lowest BCUT2D eigenvalue weighted by Gasteiger charge is -2.06. The minimum absolute atomic E-state index is 0.0620. The Balaban J connectivity index is 1.99. The minimum atomic E-state index is -0.625. The first kappa shape index (κ1) is 14.7. The predicted octanol–water partition coefficient (Wildman–Crippen LogP) is 2.45. The number of Topliss-reactive ketones (excluding diaryl/α,β-unsaturated/α-hetero) is 1. The molecule has 0 aliphatic heterocycles. The molecule has 0 unspecified atom stereocenters. The van der Waals surface area contributed by atoms with Crippen LogP contribution in [0.25, 0.3) is 0 Å². The summed E-state index contributed by atoms with van der Waals surface area (Å²) in [5.74, 6) is -1.29. The summed E-state index contributed by atoms with van der Waals surface area (Å²) in [7, 11) is 1.34. The number of hydrogen-bond donors (Lipinski definition) is 1. The molecule has 0 aromatic heterocycles. The molecule has 108 valence electrons. The first-order chi connectivity index (χ1) is 10.1. The van der Waals surface area contributed by atoms with E-state index in [4.69, 9.17) is 4.74 Å². The molecule has 0 fully saturated rings. The third kappa shape index (κ3) is 3.66. The minimum Gasteiger partial charge on any atom is -0.494 e. The number of ketones is 1. The van der Waals surface area contributed by atoms with E-state index < -0.39 is 11.7 Å². The van der Waals surface area contributed by atoms with Crippen LogP contribution in [0.5, 0.6) is 5.75 Å². The molecule has 0 heterocycles. The molecule has 0 aliphatic carbocycles. The fourth-order valence-electron chi connectivity index (χ4n) is 1.80. The van der Waals surface area contributed by atoms with Crippen LogP contribution in [0.2, 0.25) is 0 Å². The van der Waals surface area contributed by atoms with Gasteiger partial charge in [0, 0.05) is 11.1 Å². The monoisotopic (exact) mass is 287 g/mol. The van der Waals surface area contributed by atoms with Crippen molar-refractivity contribution in [3.8, 4) is 5.75 Å². The van der Waals surface area contributed by atoms with E-state index in [2.05, 4.69) is 5.32 Å². The highest BCUT2D eigenvalue weighted by Gasteiger charge is 2.12. The number of rotatable bonds is 5. The van der Waals surface area contributed by atoms with Crippen LogP contribution in [0.15, 0.2) is 48.5 Å². The van der Waals surface area contributed by atoms with Gasteiger partial charge in [-0.2, -0.15) is 0 Å². The summed E-state index contributed by atoms with van der Waals surface area (Å²) in [5.41, 5.74) is 0.646. The fraction of sp³-hybridized carbons (Fsp3) is 0.125. The second-order valence-electron chi connectivity index (χ2n) is 4.32. The van der Waals surface area contributed by atoms with Crippen molar-refractivity contribution in [2.45, 2.75) is 0 Å². The van der Waals surface area contributed by atoms with Crippen LogP contribution in [0.4, 0.5) is 4.39 Å². The zero-order valence-electron chi connectivity index (χ0n) is 11.4. The van der Waals surface area contributed by atoms with Crippen LogP contribution in [-0.2, 0) is 0 Å². The zero-order valence-corrected chi connectivity index (χ0v) is 11.4. The molecular formula is C16H14FNO3. The van der Waals surface area contributed by atoms with Gasteiger partial charge in [-0.1, -0.05) is 30.3 Å². The number of benzene rings is 2. The van der Waals surface area contributed by atoms with Crippen LogP contribution in [-0.4, -0.2) is 25.3 Å². The Morgan fingerprint density at radius 3 is 2.43 bits per heavy atom. The standard InChI is InChI=1S/C16H14FNO3/c1-21-15-8-7-12(9-13(15)17)16(20)18-10-14(19)11-5-3-2-4-6-11/h2-9H,10H2,1H3,(H,18,20). The van der Waals surface area contributed by atoms with Crippen LogP contribution < -0.4 is 10.1 Å². The van der Waals surface area contributed by atoms with Crippen LogP contribution in [0, 0.1) is 5.82 Å². The van der Waals surface area contributed by atoms with E-state index in [9.17, 15) is 14.0 Å². The summed E-state index contributed by atoms with van der Waals surface area (Å²) < 4.78 is 18.3. The van der Waals surface area contributed by atoms with E-state index in [-0.39, 0.29) is 23.6 Å². The molecule has 0 radical (unpaired) electrons. The lowest BCUT2D eigenvalue weighted by atomic mass is 10.1. The first-order valence-corrected chi connectivity index (χ1v) is 6.32. The molecule has 0 bridgehead atoms. The topological polar surface area (TPSA) is 55.4 Å². The maximum Gasteiger partial charge on any atom is 0.251 e. The van der Waals surface area contributed by atoms with E-state index in [1.165, 1.54) is 19.2 Å².